The van der Waals surface area contributed by atoms with Gasteiger partial charge in [-0.05, 0) is 80.2 Å². The highest BCUT2D eigenvalue weighted by molar-refractivity contribution is 6.31. The van der Waals surface area contributed by atoms with Crippen LogP contribution in [0.25, 0.3) is 6.08 Å². The fraction of sp³-hybridized carbons (Fsp3) is 0.294. The predicted molar refractivity (Wildman–Crippen MR) is 168 cm³/mol. The SMILES string of the molecule is Cc1ccc(/C=C2\CCCC3C2=NN(C(=O)CN2N=NC4C(=O)N(c5ccc(Cl)cc5)C(=O)C42)C3c2ccc(C)cc2)cc1. The molecule has 3 heterocycles. The minimum absolute atomic E-state index is 0.0372. The number of allylic oxidation sites excluding steroid dienone is 1. The van der Waals surface area contributed by atoms with Crippen molar-refractivity contribution in [3.05, 3.63) is 106 Å². The number of nitrogens with zero attached hydrogens (tertiary/aromatic N) is 6. The van der Waals surface area contributed by atoms with Crippen molar-refractivity contribution in [2.45, 2.75) is 51.2 Å². The van der Waals surface area contributed by atoms with Crippen molar-refractivity contribution in [2.24, 2.45) is 21.4 Å². The molecule has 1 aliphatic carbocycles. The van der Waals surface area contributed by atoms with E-state index in [0.717, 1.165) is 52.1 Å². The quantitative estimate of drug-likeness (QED) is 0.329. The van der Waals surface area contributed by atoms with Crippen LogP contribution in [0, 0.1) is 19.8 Å². The van der Waals surface area contributed by atoms with Crippen LogP contribution in [0.5, 0.6) is 0 Å². The van der Waals surface area contributed by atoms with Crippen molar-refractivity contribution < 1.29 is 14.4 Å². The van der Waals surface area contributed by atoms with E-state index in [1.807, 2.05) is 6.92 Å². The maximum atomic E-state index is 14.1. The van der Waals surface area contributed by atoms with Gasteiger partial charge in [-0.25, -0.2) is 9.91 Å². The van der Waals surface area contributed by atoms with Crippen LogP contribution in [0.15, 0.2) is 93.8 Å². The lowest BCUT2D eigenvalue weighted by atomic mass is 9.77. The van der Waals surface area contributed by atoms with Crippen molar-refractivity contribution >= 4 is 46.8 Å². The molecule has 2 fully saturated rings. The molecule has 3 aromatic rings. The first-order valence-electron chi connectivity index (χ1n) is 14.8. The van der Waals surface area contributed by atoms with E-state index in [9.17, 15) is 14.4 Å². The van der Waals surface area contributed by atoms with Gasteiger partial charge in [0.2, 0.25) is 0 Å². The number of rotatable bonds is 5. The minimum atomic E-state index is -1.00. The monoisotopic (exact) mass is 606 g/mol. The van der Waals surface area contributed by atoms with Gasteiger partial charge in [0, 0.05) is 10.9 Å². The van der Waals surface area contributed by atoms with Crippen molar-refractivity contribution in [1.82, 2.24) is 10.0 Å². The molecule has 222 valence electrons. The number of amides is 3. The topological polar surface area (TPSA) is 98.0 Å². The predicted octanol–water partition coefficient (Wildman–Crippen LogP) is 6.07. The lowest BCUT2D eigenvalue weighted by Crippen LogP contribution is -2.45. The normalized spacial score (nSPS) is 25.1. The van der Waals surface area contributed by atoms with Crippen LogP contribution in [0.3, 0.4) is 0 Å². The molecule has 4 aliphatic rings. The number of halogens is 1. The summed E-state index contributed by atoms with van der Waals surface area (Å²) < 4.78 is 0. The van der Waals surface area contributed by atoms with E-state index in [1.165, 1.54) is 10.6 Å². The summed E-state index contributed by atoms with van der Waals surface area (Å²) in [5, 5.41) is 16.6. The zero-order valence-corrected chi connectivity index (χ0v) is 25.2. The van der Waals surface area contributed by atoms with Gasteiger partial charge in [0.15, 0.2) is 12.1 Å². The number of carbonyl (C=O) groups is 3. The smallest absolute Gasteiger partial charge is 0.264 e. The Kier molecular flexibility index (Phi) is 7.13. The Hall–Kier alpha value is -4.63. The Morgan fingerprint density at radius 3 is 2.30 bits per heavy atom. The number of hydrogen-bond acceptors (Lipinski definition) is 7. The second-order valence-corrected chi connectivity index (χ2v) is 12.3. The third-order valence-electron chi connectivity index (χ3n) is 8.83. The molecule has 9 nitrogen and oxygen atoms in total. The average molecular weight is 607 g/mol. The number of carbonyl (C=O) groups excluding carboxylic acids is 3. The van der Waals surface area contributed by atoms with Crippen molar-refractivity contribution in [2.75, 3.05) is 11.4 Å². The van der Waals surface area contributed by atoms with Gasteiger partial charge in [0.05, 0.1) is 17.4 Å². The third-order valence-corrected chi connectivity index (χ3v) is 9.09. The molecular formula is C34H31ClN6O3. The summed E-state index contributed by atoms with van der Waals surface area (Å²) >= 11 is 6.01. The van der Waals surface area contributed by atoms with E-state index in [4.69, 9.17) is 16.7 Å². The fourth-order valence-electron chi connectivity index (χ4n) is 6.58. The third kappa shape index (κ3) is 4.91. The Morgan fingerprint density at radius 2 is 1.59 bits per heavy atom. The van der Waals surface area contributed by atoms with Crippen LogP contribution in [0.2, 0.25) is 5.02 Å². The molecule has 3 aliphatic heterocycles. The summed E-state index contributed by atoms with van der Waals surface area (Å²) in [5.74, 6) is -1.22. The van der Waals surface area contributed by atoms with Gasteiger partial charge in [-0.15, -0.1) is 0 Å². The highest BCUT2D eigenvalue weighted by Gasteiger charge is 2.55. The summed E-state index contributed by atoms with van der Waals surface area (Å²) in [5.41, 5.74) is 6.90. The fourth-order valence-corrected chi connectivity index (χ4v) is 6.70. The number of benzene rings is 3. The van der Waals surface area contributed by atoms with Gasteiger partial charge < -0.3 is 0 Å². The Bertz CT molecular complexity index is 1730. The number of imide groups is 1. The van der Waals surface area contributed by atoms with Gasteiger partial charge in [-0.2, -0.15) is 10.2 Å². The molecule has 10 heteroatoms. The summed E-state index contributed by atoms with van der Waals surface area (Å²) in [6.07, 6.45) is 4.96. The average Bonchev–Trinajstić information content (AvgIpc) is 3.69. The van der Waals surface area contributed by atoms with Gasteiger partial charge in [0.1, 0.15) is 6.54 Å². The Labute approximate surface area is 260 Å². The Morgan fingerprint density at radius 1 is 0.909 bits per heavy atom. The van der Waals surface area contributed by atoms with Crippen molar-refractivity contribution in [3.8, 4) is 0 Å². The summed E-state index contributed by atoms with van der Waals surface area (Å²) in [6, 6.07) is 20.8. The molecule has 44 heavy (non-hydrogen) atoms. The largest absolute Gasteiger partial charge is 0.271 e. The maximum Gasteiger partial charge on any atom is 0.264 e. The number of aryl methyl sites for hydroxylation is 2. The molecule has 3 aromatic carbocycles. The summed E-state index contributed by atoms with van der Waals surface area (Å²) in [4.78, 5) is 41.9. The van der Waals surface area contributed by atoms with Crippen molar-refractivity contribution in [3.63, 3.8) is 0 Å². The molecule has 3 amide bonds. The van der Waals surface area contributed by atoms with Crippen LogP contribution >= 0.6 is 11.6 Å². The molecule has 7 rings (SSSR count). The summed E-state index contributed by atoms with van der Waals surface area (Å²) in [7, 11) is 0. The second kappa shape index (κ2) is 11.1. The van der Waals surface area contributed by atoms with E-state index < -0.39 is 23.9 Å². The molecule has 0 radical (unpaired) electrons. The highest BCUT2D eigenvalue weighted by atomic mass is 35.5. The van der Waals surface area contributed by atoms with Gasteiger partial charge in [0.25, 0.3) is 17.7 Å². The van der Waals surface area contributed by atoms with Crippen LogP contribution in [0.4, 0.5) is 5.69 Å². The molecule has 0 aromatic heterocycles. The molecule has 1 saturated heterocycles. The van der Waals surface area contributed by atoms with Crippen LogP contribution < -0.4 is 4.90 Å². The lowest BCUT2D eigenvalue weighted by molar-refractivity contribution is -0.136. The van der Waals surface area contributed by atoms with E-state index in [-0.39, 0.29) is 24.4 Å². The molecule has 4 unspecified atom stereocenters. The number of hydrazone groups is 1. The van der Waals surface area contributed by atoms with Crippen LogP contribution in [0.1, 0.15) is 47.6 Å². The zero-order chi connectivity index (χ0) is 30.5. The van der Waals surface area contributed by atoms with Gasteiger partial charge in [-0.3, -0.25) is 19.4 Å². The number of anilines is 1. The highest BCUT2D eigenvalue weighted by Crippen LogP contribution is 2.45. The molecular weight excluding hydrogens is 576 g/mol. The lowest BCUT2D eigenvalue weighted by Gasteiger charge is -2.30. The first-order valence-corrected chi connectivity index (χ1v) is 15.2. The standard InChI is InChI=1S/C34H31ClN6O3/c1-20-6-10-22(11-7-20)18-24-4-3-5-27-29(24)37-41(31(27)23-12-8-21(2)9-13-23)28(42)19-39-32-30(36-38-39)33(43)40(34(32)44)26-16-14-25(35)15-17-26/h6-18,27,30-32H,3-5,19H2,1-2H3/b24-18+. The minimum Gasteiger partial charge on any atom is -0.271 e. The molecule has 0 spiro atoms. The maximum absolute atomic E-state index is 14.1. The molecule has 0 N–H and O–H groups in total. The van der Waals surface area contributed by atoms with Gasteiger partial charge >= 0.3 is 0 Å². The van der Waals surface area contributed by atoms with E-state index in [2.05, 4.69) is 71.9 Å². The Balaban J connectivity index is 1.18. The van der Waals surface area contributed by atoms with E-state index in [0.29, 0.717) is 10.7 Å². The molecule has 1 saturated carbocycles. The second-order valence-electron chi connectivity index (χ2n) is 11.8. The first-order chi connectivity index (χ1) is 21.3. The van der Waals surface area contributed by atoms with Crippen LogP contribution in [-0.4, -0.2) is 52.1 Å². The van der Waals surface area contributed by atoms with Gasteiger partial charge in [-0.1, -0.05) is 76.5 Å². The molecule has 0 bridgehead atoms. The van der Waals surface area contributed by atoms with E-state index in [1.54, 1.807) is 29.3 Å². The van der Waals surface area contributed by atoms with Crippen molar-refractivity contribution in [1.29, 1.82) is 0 Å². The van der Waals surface area contributed by atoms with E-state index >= 15 is 0 Å². The zero-order valence-electron chi connectivity index (χ0n) is 24.4. The number of hydrogen-bond donors (Lipinski definition) is 0. The molecule has 4 atom stereocenters. The first kappa shape index (κ1) is 28.2. The number of fused-ring (bicyclic) bond motifs is 2. The van der Waals surface area contributed by atoms with Crippen LogP contribution in [-0.2, 0) is 14.4 Å². The summed E-state index contributed by atoms with van der Waals surface area (Å²) in [6.45, 7) is 3.87.